The molecule has 1 N–H and O–H groups in total. The van der Waals surface area contributed by atoms with Crippen LogP contribution in [0.2, 0.25) is 0 Å². The summed E-state index contributed by atoms with van der Waals surface area (Å²) in [7, 11) is -3.91. The summed E-state index contributed by atoms with van der Waals surface area (Å²) in [6.45, 7) is 2.42. The molecule has 1 aromatic carbocycles. The molecule has 32 heavy (non-hydrogen) atoms. The van der Waals surface area contributed by atoms with Crippen LogP contribution in [-0.2, 0) is 16.4 Å². The van der Waals surface area contributed by atoms with Gasteiger partial charge in [0, 0.05) is 46.9 Å². The fourth-order valence-corrected chi connectivity index (χ4v) is 5.71. The fraction of sp³-hybridized carbons (Fsp3) is 0.417. The number of hydrogen-bond donors (Lipinski definition) is 1. The Morgan fingerprint density at radius 3 is 2.69 bits per heavy atom. The van der Waals surface area contributed by atoms with Gasteiger partial charge in [-0.1, -0.05) is 0 Å². The fourth-order valence-electron chi connectivity index (χ4n) is 4.26. The third-order valence-electron chi connectivity index (χ3n) is 6.01. The quantitative estimate of drug-likeness (QED) is 0.563. The molecule has 1 unspecified atom stereocenters. The van der Waals surface area contributed by atoms with Gasteiger partial charge in [-0.3, -0.25) is 9.97 Å². The van der Waals surface area contributed by atoms with Crippen LogP contribution in [0.15, 0.2) is 47.8 Å². The summed E-state index contributed by atoms with van der Waals surface area (Å²) in [6, 6.07) is 7.30. The van der Waals surface area contributed by atoms with Gasteiger partial charge in [0.05, 0.1) is 11.1 Å². The number of alkyl halides is 1. The van der Waals surface area contributed by atoms with Gasteiger partial charge >= 0.3 is 0 Å². The number of ether oxygens (including phenoxy) is 1. The highest BCUT2D eigenvalue weighted by molar-refractivity contribution is 7.89. The van der Waals surface area contributed by atoms with Gasteiger partial charge in [0.15, 0.2) is 0 Å². The molecule has 2 aliphatic rings. The molecule has 5 rings (SSSR count). The van der Waals surface area contributed by atoms with Crippen molar-refractivity contribution in [3.63, 3.8) is 0 Å². The Morgan fingerprint density at radius 2 is 2.00 bits per heavy atom. The van der Waals surface area contributed by atoms with Crippen LogP contribution < -0.4 is 9.46 Å². The van der Waals surface area contributed by atoms with Crippen LogP contribution in [-0.4, -0.2) is 30.6 Å². The van der Waals surface area contributed by atoms with Gasteiger partial charge in [-0.2, -0.15) is 0 Å². The lowest BCUT2D eigenvalue weighted by Crippen LogP contribution is -2.35. The van der Waals surface area contributed by atoms with Crippen molar-refractivity contribution in [3.8, 4) is 5.75 Å². The number of hydrogen-bond acceptors (Lipinski definition) is 5. The summed E-state index contributed by atoms with van der Waals surface area (Å²) < 4.78 is 49.2. The molecule has 0 bridgehead atoms. The number of pyridine rings is 2. The van der Waals surface area contributed by atoms with E-state index in [0.717, 1.165) is 41.5 Å². The van der Waals surface area contributed by atoms with Gasteiger partial charge in [0.1, 0.15) is 17.5 Å². The summed E-state index contributed by atoms with van der Waals surface area (Å²) in [5, 5.41) is 1.39. The highest BCUT2D eigenvalue weighted by Crippen LogP contribution is 2.44. The zero-order chi connectivity index (χ0) is 22.5. The first-order valence-electron chi connectivity index (χ1n) is 10.9. The summed E-state index contributed by atoms with van der Waals surface area (Å²) in [4.78, 5) is 8.95. The molecule has 2 aromatic heterocycles. The van der Waals surface area contributed by atoms with E-state index in [1.807, 2.05) is 18.2 Å². The van der Waals surface area contributed by atoms with Crippen LogP contribution in [0.25, 0.3) is 10.8 Å². The number of benzene rings is 1. The lowest BCUT2D eigenvalue weighted by molar-refractivity contribution is 0.208. The highest BCUT2D eigenvalue weighted by atomic mass is 32.2. The Labute approximate surface area is 187 Å². The number of nitrogens with one attached hydrogen (secondary N) is 1. The SMILES string of the molecule is CC(C)(F)CNS(=O)(=O)c1cc2c(c3cnc(C4CC4)cc13)C(Oc1cccnc1)CC2. The van der Waals surface area contributed by atoms with Crippen LogP contribution >= 0.6 is 0 Å². The molecular weight excluding hydrogens is 429 g/mol. The Balaban J connectivity index is 1.62. The summed E-state index contributed by atoms with van der Waals surface area (Å²) in [5.41, 5.74) is 1.15. The second kappa shape index (κ2) is 7.78. The van der Waals surface area contributed by atoms with Crippen molar-refractivity contribution in [2.45, 2.75) is 62.1 Å². The summed E-state index contributed by atoms with van der Waals surface area (Å²) in [5.74, 6) is 1.05. The minimum Gasteiger partial charge on any atom is -0.484 e. The molecule has 8 heteroatoms. The topological polar surface area (TPSA) is 81.2 Å². The molecule has 1 saturated carbocycles. The molecule has 2 heterocycles. The average molecular weight is 456 g/mol. The van der Waals surface area contributed by atoms with Crippen molar-refractivity contribution in [1.29, 1.82) is 0 Å². The van der Waals surface area contributed by atoms with E-state index in [-0.39, 0.29) is 17.5 Å². The zero-order valence-electron chi connectivity index (χ0n) is 18.1. The van der Waals surface area contributed by atoms with Crippen molar-refractivity contribution < 1.29 is 17.5 Å². The number of aromatic nitrogens is 2. The maximum atomic E-state index is 14.0. The van der Waals surface area contributed by atoms with Crippen molar-refractivity contribution in [2.75, 3.05) is 6.54 Å². The van der Waals surface area contributed by atoms with Crippen LogP contribution in [0.1, 0.15) is 62.0 Å². The molecule has 0 radical (unpaired) electrons. The number of fused-ring (bicyclic) bond motifs is 3. The molecule has 3 aromatic rings. The molecule has 2 aliphatic carbocycles. The monoisotopic (exact) mass is 455 g/mol. The van der Waals surface area contributed by atoms with Gasteiger partial charge in [0.25, 0.3) is 0 Å². The predicted octanol–water partition coefficient (Wildman–Crippen LogP) is 4.60. The largest absolute Gasteiger partial charge is 0.484 e. The summed E-state index contributed by atoms with van der Waals surface area (Å²) in [6.07, 6.45) is 8.49. The molecule has 1 fully saturated rings. The molecule has 6 nitrogen and oxygen atoms in total. The molecule has 0 amide bonds. The standard InChI is InChI=1S/C24H26FN3O3S/c1-24(2,25)14-28-32(29,30)22-10-16-7-8-21(31-17-4-3-9-26-12-17)23(16)19-13-27-20(11-18(19)22)15-5-6-15/h3-4,9-13,15,21,28H,5-8,14H2,1-2H3. The average Bonchev–Trinajstić information content (AvgIpc) is 3.53. The second-order valence-corrected chi connectivity index (χ2v) is 11.0. The number of halogens is 1. The maximum Gasteiger partial charge on any atom is 0.241 e. The van der Waals surface area contributed by atoms with Gasteiger partial charge < -0.3 is 4.74 Å². The Morgan fingerprint density at radius 1 is 1.19 bits per heavy atom. The maximum absolute atomic E-state index is 14.0. The summed E-state index contributed by atoms with van der Waals surface area (Å²) >= 11 is 0. The van der Waals surface area contributed by atoms with Crippen molar-refractivity contribution in [1.82, 2.24) is 14.7 Å². The number of nitrogens with zero attached hydrogens (tertiary/aromatic N) is 2. The molecule has 0 spiro atoms. The van der Waals surface area contributed by atoms with Crippen LogP contribution in [0.3, 0.4) is 0 Å². The van der Waals surface area contributed by atoms with E-state index >= 15 is 0 Å². The third kappa shape index (κ3) is 4.21. The molecular formula is C24H26FN3O3S. The van der Waals surface area contributed by atoms with Gasteiger partial charge in [0.2, 0.25) is 10.0 Å². The lowest BCUT2D eigenvalue weighted by atomic mass is 10.00. The van der Waals surface area contributed by atoms with Crippen LogP contribution in [0.4, 0.5) is 4.39 Å². The molecule has 1 atom stereocenters. The van der Waals surface area contributed by atoms with E-state index < -0.39 is 15.7 Å². The Hall–Kier alpha value is -2.58. The molecule has 0 aliphatic heterocycles. The van der Waals surface area contributed by atoms with Crippen molar-refractivity contribution >= 4 is 20.8 Å². The number of rotatable bonds is 7. The Bertz CT molecular complexity index is 1270. The van der Waals surface area contributed by atoms with Gasteiger partial charge in [-0.25, -0.2) is 17.5 Å². The van der Waals surface area contributed by atoms with Gasteiger partial charge in [-0.15, -0.1) is 0 Å². The number of sulfonamides is 1. The second-order valence-electron chi connectivity index (χ2n) is 9.25. The van der Waals surface area contributed by atoms with Crippen molar-refractivity contribution in [2.24, 2.45) is 0 Å². The zero-order valence-corrected chi connectivity index (χ0v) is 19.0. The first-order valence-corrected chi connectivity index (χ1v) is 12.4. The van der Waals surface area contributed by atoms with E-state index in [1.54, 1.807) is 24.7 Å². The molecule has 0 saturated heterocycles. The van der Waals surface area contributed by atoms with E-state index in [4.69, 9.17) is 4.74 Å². The highest BCUT2D eigenvalue weighted by Gasteiger charge is 2.33. The Kier molecular flexibility index (Phi) is 5.17. The van der Waals surface area contributed by atoms with Gasteiger partial charge in [-0.05, 0) is 69.4 Å². The first-order chi connectivity index (χ1) is 15.2. The lowest BCUT2D eigenvalue weighted by Gasteiger charge is -2.20. The van der Waals surface area contributed by atoms with Crippen LogP contribution in [0.5, 0.6) is 5.75 Å². The van der Waals surface area contributed by atoms with E-state index in [2.05, 4.69) is 14.7 Å². The smallest absolute Gasteiger partial charge is 0.241 e. The van der Waals surface area contributed by atoms with E-state index in [0.29, 0.717) is 23.5 Å². The minimum absolute atomic E-state index is 0.182. The minimum atomic E-state index is -3.91. The van der Waals surface area contributed by atoms with Crippen LogP contribution in [0, 0.1) is 0 Å². The number of aryl methyl sites for hydroxylation is 1. The third-order valence-corrected chi connectivity index (χ3v) is 7.45. The van der Waals surface area contributed by atoms with E-state index in [1.165, 1.54) is 13.8 Å². The van der Waals surface area contributed by atoms with Crippen molar-refractivity contribution in [3.05, 3.63) is 59.7 Å². The normalized spacial score (nSPS) is 18.7. The molecule has 168 valence electrons. The van der Waals surface area contributed by atoms with E-state index in [9.17, 15) is 12.8 Å². The predicted molar refractivity (Wildman–Crippen MR) is 120 cm³/mol. The first kappa shape index (κ1) is 21.3.